The van der Waals surface area contributed by atoms with E-state index in [2.05, 4.69) is 21.2 Å². The van der Waals surface area contributed by atoms with Gasteiger partial charge in [0.2, 0.25) is 5.91 Å². The number of benzene rings is 2. The molecule has 0 saturated carbocycles. The number of nitrogens with one attached hydrogen (secondary N) is 1. The summed E-state index contributed by atoms with van der Waals surface area (Å²) in [5.41, 5.74) is 1.35. The first-order valence-corrected chi connectivity index (χ1v) is 7.94. The number of carbonyl (C=O) groups is 2. The largest absolute Gasteiger partial charge is 0.476 e. The monoisotopic (exact) mass is 374 g/mol. The Kier molecular flexibility index (Phi) is 4.34. The molecule has 2 aromatic carbocycles. The molecule has 2 aromatic rings. The number of hydrogen-bond acceptors (Lipinski definition) is 3. The van der Waals surface area contributed by atoms with E-state index in [-0.39, 0.29) is 18.4 Å². The first kappa shape index (κ1) is 15.6. The number of ether oxygens (including phenoxy) is 1. The standard InChI is InChI=1S/C17H15BrN2O3/c1-11(21)20-10-16(23-15-8-3-2-7-14(15)20)17(22)19-13-6-4-5-12(18)9-13/h2-9,16H,10H2,1H3,(H,19,22)/t16-/m1/s1. The normalized spacial score (nSPS) is 16.3. The molecule has 1 heterocycles. The van der Waals surface area contributed by atoms with Crippen LogP contribution in [0.15, 0.2) is 53.0 Å². The highest BCUT2D eigenvalue weighted by Gasteiger charge is 2.32. The summed E-state index contributed by atoms with van der Waals surface area (Å²) >= 11 is 3.36. The average Bonchev–Trinajstić information content (AvgIpc) is 2.53. The van der Waals surface area contributed by atoms with Gasteiger partial charge in [0, 0.05) is 17.1 Å². The molecule has 118 valence electrons. The number of rotatable bonds is 2. The third-order valence-corrected chi connectivity index (χ3v) is 4.03. The van der Waals surface area contributed by atoms with Crippen LogP contribution in [0, 0.1) is 0 Å². The molecule has 0 fully saturated rings. The van der Waals surface area contributed by atoms with E-state index in [0.29, 0.717) is 17.1 Å². The number of carbonyl (C=O) groups excluding carboxylic acids is 2. The minimum absolute atomic E-state index is 0.124. The molecule has 3 rings (SSSR count). The molecule has 5 nitrogen and oxygen atoms in total. The van der Waals surface area contributed by atoms with Crippen LogP contribution in [0.3, 0.4) is 0 Å². The van der Waals surface area contributed by atoms with E-state index in [4.69, 9.17) is 4.74 Å². The summed E-state index contributed by atoms with van der Waals surface area (Å²) in [6.07, 6.45) is -0.757. The molecule has 0 spiro atoms. The van der Waals surface area contributed by atoms with Gasteiger partial charge in [-0.3, -0.25) is 9.59 Å². The Bertz CT molecular complexity index is 763. The highest BCUT2D eigenvalue weighted by Crippen LogP contribution is 2.33. The molecule has 2 amide bonds. The quantitative estimate of drug-likeness (QED) is 0.877. The first-order chi connectivity index (χ1) is 11.0. The van der Waals surface area contributed by atoms with E-state index < -0.39 is 6.10 Å². The van der Waals surface area contributed by atoms with Crippen molar-refractivity contribution in [2.45, 2.75) is 13.0 Å². The minimum Gasteiger partial charge on any atom is -0.476 e. The lowest BCUT2D eigenvalue weighted by Gasteiger charge is -2.33. The molecule has 1 aliphatic rings. The molecular weight excluding hydrogens is 360 g/mol. The van der Waals surface area contributed by atoms with Gasteiger partial charge in [-0.1, -0.05) is 34.1 Å². The van der Waals surface area contributed by atoms with E-state index in [1.165, 1.54) is 6.92 Å². The number of nitrogens with zero attached hydrogens (tertiary/aromatic N) is 1. The van der Waals surface area contributed by atoms with Crippen LogP contribution in [0.4, 0.5) is 11.4 Å². The van der Waals surface area contributed by atoms with Crippen molar-refractivity contribution in [1.29, 1.82) is 0 Å². The van der Waals surface area contributed by atoms with Crippen molar-refractivity contribution in [1.82, 2.24) is 0 Å². The van der Waals surface area contributed by atoms with Gasteiger partial charge in [0.1, 0.15) is 5.75 Å². The van der Waals surface area contributed by atoms with Gasteiger partial charge in [0.05, 0.1) is 12.2 Å². The van der Waals surface area contributed by atoms with Crippen molar-refractivity contribution < 1.29 is 14.3 Å². The smallest absolute Gasteiger partial charge is 0.267 e. The second-order valence-corrected chi connectivity index (χ2v) is 6.12. The fourth-order valence-corrected chi connectivity index (χ4v) is 2.86. The van der Waals surface area contributed by atoms with Gasteiger partial charge >= 0.3 is 0 Å². The van der Waals surface area contributed by atoms with Crippen molar-refractivity contribution in [3.8, 4) is 5.75 Å². The van der Waals surface area contributed by atoms with Gasteiger partial charge in [-0.05, 0) is 30.3 Å². The minimum atomic E-state index is -0.757. The lowest BCUT2D eigenvalue weighted by atomic mass is 10.1. The zero-order valence-corrected chi connectivity index (χ0v) is 14.0. The Hall–Kier alpha value is -2.34. The third kappa shape index (κ3) is 3.37. The summed E-state index contributed by atoms with van der Waals surface area (Å²) in [7, 11) is 0. The molecule has 0 unspecified atom stereocenters. The molecule has 1 N–H and O–H groups in total. The van der Waals surface area contributed by atoms with Crippen LogP contribution in [0.1, 0.15) is 6.92 Å². The van der Waals surface area contributed by atoms with Crippen LogP contribution in [-0.4, -0.2) is 24.5 Å². The molecule has 6 heteroatoms. The van der Waals surface area contributed by atoms with Crippen molar-refractivity contribution in [3.05, 3.63) is 53.0 Å². The number of hydrogen-bond donors (Lipinski definition) is 1. The number of para-hydroxylation sites is 2. The number of anilines is 2. The molecule has 23 heavy (non-hydrogen) atoms. The Labute approximate surface area is 142 Å². The second-order valence-electron chi connectivity index (χ2n) is 5.20. The zero-order valence-electron chi connectivity index (χ0n) is 12.5. The highest BCUT2D eigenvalue weighted by molar-refractivity contribution is 9.10. The van der Waals surface area contributed by atoms with Crippen molar-refractivity contribution in [2.24, 2.45) is 0 Å². The Morgan fingerprint density at radius 1 is 1.22 bits per heavy atom. The van der Waals surface area contributed by atoms with Crippen LogP contribution in [0.25, 0.3) is 0 Å². The molecule has 1 aliphatic heterocycles. The van der Waals surface area contributed by atoms with E-state index in [9.17, 15) is 9.59 Å². The molecule has 0 aliphatic carbocycles. The number of fused-ring (bicyclic) bond motifs is 1. The topological polar surface area (TPSA) is 58.6 Å². The Morgan fingerprint density at radius 3 is 2.74 bits per heavy atom. The van der Waals surface area contributed by atoms with Crippen molar-refractivity contribution in [3.63, 3.8) is 0 Å². The van der Waals surface area contributed by atoms with Crippen molar-refractivity contribution >= 4 is 39.1 Å². The fourth-order valence-electron chi connectivity index (χ4n) is 2.46. The molecule has 0 saturated heterocycles. The SMILES string of the molecule is CC(=O)N1C[C@H](C(=O)Nc2cccc(Br)c2)Oc2ccccc21. The molecule has 0 bridgehead atoms. The van der Waals surface area contributed by atoms with Gasteiger partial charge < -0.3 is 15.0 Å². The van der Waals surface area contributed by atoms with E-state index >= 15 is 0 Å². The summed E-state index contributed by atoms with van der Waals surface area (Å²) < 4.78 is 6.63. The van der Waals surface area contributed by atoms with Crippen LogP contribution >= 0.6 is 15.9 Å². The van der Waals surface area contributed by atoms with Crippen LogP contribution in [-0.2, 0) is 9.59 Å². The second kappa shape index (κ2) is 6.42. The first-order valence-electron chi connectivity index (χ1n) is 7.15. The van der Waals surface area contributed by atoms with E-state index in [0.717, 1.165) is 4.47 Å². The number of amides is 2. The predicted molar refractivity (Wildman–Crippen MR) is 91.7 cm³/mol. The summed E-state index contributed by atoms with van der Waals surface area (Å²) in [5.74, 6) is 0.119. The molecular formula is C17H15BrN2O3. The molecule has 0 aromatic heterocycles. The van der Waals surface area contributed by atoms with Gasteiger partial charge in [-0.2, -0.15) is 0 Å². The predicted octanol–water partition coefficient (Wildman–Crippen LogP) is 3.20. The maximum atomic E-state index is 12.5. The summed E-state index contributed by atoms with van der Waals surface area (Å²) in [4.78, 5) is 25.9. The average molecular weight is 375 g/mol. The summed E-state index contributed by atoms with van der Waals surface area (Å²) in [5, 5.41) is 2.81. The summed E-state index contributed by atoms with van der Waals surface area (Å²) in [6, 6.07) is 14.5. The van der Waals surface area contributed by atoms with Crippen LogP contribution in [0.2, 0.25) is 0 Å². The Balaban J connectivity index is 1.81. The van der Waals surface area contributed by atoms with Crippen LogP contribution < -0.4 is 15.0 Å². The van der Waals surface area contributed by atoms with Gasteiger partial charge in [0.25, 0.3) is 5.91 Å². The molecule has 1 atom stereocenters. The Morgan fingerprint density at radius 2 is 2.00 bits per heavy atom. The fraction of sp³-hybridized carbons (Fsp3) is 0.176. The summed E-state index contributed by atoms with van der Waals surface area (Å²) in [6.45, 7) is 1.66. The molecule has 0 radical (unpaired) electrons. The highest BCUT2D eigenvalue weighted by atomic mass is 79.9. The van der Waals surface area contributed by atoms with Gasteiger partial charge in [-0.15, -0.1) is 0 Å². The van der Waals surface area contributed by atoms with E-state index in [1.807, 2.05) is 24.3 Å². The van der Waals surface area contributed by atoms with Gasteiger partial charge in [-0.25, -0.2) is 0 Å². The lowest BCUT2D eigenvalue weighted by Crippen LogP contribution is -2.48. The number of halogens is 1. The maximum absolute atomic E-state index is 12.5. The third-order valence-electron chi connectivity index (χ3n) is 3.54. The van der Waals surface area contributed by atoms with Gasteiger partial charge in [0.15, 0.2) is 6.10 Å². The lowest BCUT2D eigenvalue weighted by molar-refractivity contribution is -0.123. The van der Waals surface area contributed by atoms with Crippen molar-refractivity contribution in [2.75, 3.05) is 16.8 Å². The van der Waals surface area contributed by atoms with Crippen LogP contribution in [0.5, 0.6) is 5.75 Å². The maximum Gasteiger partial charge on any atom is 0.267 e. The zero-order chi connectivity index (χ0) is 16.4. The van der Waals surface area contributed by atoms with E-state index in [1.54, 1.807) is 29.2 Å².